The molecule has 0 heterocycles. The third-order valence-electron chi connectivity index (χ3n) is 3.08. The standard InChI is InChI=1S/C15H15ClFNO2S/c1-11-9-13(5-6-15(11)17)18-8-7-12-3-2-4-14(10-12)21(16,19)20/h2-6,9-10,18H,7-8H2,1H3. The zero-order valence-corrected chi connectivity index (χ0v) is 13.0. The molecule has 0 saturated carbocycles. The lowest BCUT2D eigenvalue weighted by atomic mass is 10.1. The first-order valence-electron chi connectivity index (χ1n) is 6.40. The monoisotopic (exact) mass is 327 g/mol. The SMILES string of the molecule is Cc1cc(NCCc2cccc(S(=O)(=O)Cl)c2)ccc1F. The molecule has 0 bridgehead atoms. The molecule has 0 spiro atoms. The molecular weight excluding hydrogens is 313 g/mol. The van der Waals surface area contributed by atoms with Crippen molar-refractivity contribution in [3.05, 3.63) is 59.4 Å². The van der Waals surface area contributed by atoms with E-state index in [4.69, 9.17) is 10.7 Å². The summed E-state index contributed by atoms with van der Waals surface area (Å²) in [6.07, 6.45) is 0.636. The summed E-state index contributed by atoms with van der Waals surface area (Å²) in [5, 5.41) is 3.17. The number of halogens is 2. The van der Waals surface area contributed by atoms with Crippen molar-refractivity contribution in [2.75, 3.05) is 11.9 Å². The van der Waals surface area contributed by atoms with Crippen LogP contribution in [-0.4, -0.2) is 15.0 Å². The second kappa shape index (κ2) is 6.45. The van der Waals surface area contributed by atoms with Gasteiger partial charge in [0.25, 0.3) is 9.05 Å². The molecule has 0 saturated heterocycles. The Morgan fingerprint density at radius 2 is 1.95 bits per heavy atom. The van der Waals surface area contributed by atoms with E-state index in [1.54, 1.807) is 31.2 Å². The first kappa shape index (κ1) is 15.8. The summed E-state index contributed by atoms with van der Waals surface area (Å²) in [5.41, 5.74) is 2.27. The van der Waals surface area contributed by atoms with E-state index in [1.807, 2.05) is 6.07 Å². The Morgan fingerprint density at radius 1 is 1.19 bits per heavy atom. The third-order valence-corrected chi connectivity index (χ3v) is 4.43. The van der Waals surface area contributed by atoms with Gasteiger partial charge in [0.15, 0.2) is 0 Å². The Bertz CT molecular complexity index is 747. The molecule has 2 aromatic carbocycles. The lowest BCUT2D eigenvalue weighted by molar-refractivity contribution is 0.609. The van der Waals surface area contributed by atoms with Crippen molar-refractivity contribution in [2.45, 2.75) is 18.2 Å². The number of rotatable bonds is 5. The predicted molar refractivity (Wildman–Crippen MR) is 82.8 cm³/mol. The molecule has 0 fully saturated rings. The van der Waals surface area contributed by atoms with Crippen molar-refractivity contribution in [3.63, 3.8) is 0 Å². The maximum absolute atomic E-state index is 13.1. The zero-order chi connectivity index (χ0) is 15.5. The summed E-state index contributed by atoms with van der Waals surface area (Å²) >= 11 is 0. The van der Waals surface area contributed by atoms with Crippen LogP contribution in [0, 0.1) is 12.7 Å². The molecule has 0 unspecified atom stereocenters. The molecule has 3 nitrogen and oxygen atoms in total. The van der Waals surface area contributed by atoms with Crippen molar-refractivity contribution in [1.29, 1.82) is 0 Å². The number of nitrogens with one attached hydrogen (secondary N) is 1. The smallest absolute Gasteiger partial charge is 0.261 e. The van der Waals surface area contributed by atoms with Gasteiger partial charge in [0.05, 0.1) is 4.90 Å². The molecule has 0 aliphatic rings. The number of anilines is 1. The van der Waals surface area contributed by atoms with Gasteiger partial charge in [0.1, 0.15) is 5.82 Å². The molecule has 0 aromatic heterocycles. The second-order valence-electron chi connectivity index (χ2n) is 4.73. The van der Waals surface area contributed by atoms with Crippen LogP contribution in [0.1, 0.15) is 11.1 Å². The largest absolute Gasteiger partial charge is 0.385 e. The van der Waals surface area contributed by atoms with Gasteiger partial charge < -0.3 is 5.32 Å². The summed E-state index contributed by atoms with van der Waals surface area (Å²) in [7, 11) is 1.61. The minimum Gasteiger partial charge on any atom is -0.385 e. The van der Waals surface area contributed by atoms with E-state index in [2.05, 4.69) is 5.32 Å². The van der Waals surface area contributed by atoms with Gasteiger partial charge in [-0.2, -0.15) is 0 Å². The van der Waals surface area contributed by atoms with Crippen LogP contribution >= 0.6 is 10.7 Å². The van der Waals surface area contributed by atoms with E-state index in [0.717, 1.165) is 11.3 Å². The van der Waals surface area contributed by atoms with E-state index in [0.29, 0.717) is 18.5 Å². The quantitative estimate of drug-likeness (QED) is 0.851. The number of hydrogen-bond donors (Lipinski definition) is 1. The average molecular weight is 328 g/mol. The summed E-state index contributed by atoms with van der Waals surface area (Å²) in [5.74, 6) is -0.236. The Balaban J connectivity index is 1.99. The number of hydrogen-bond acceptors (Lipinski definition) is 3. The van der Waals surface area contributed by atoms with Crippen LogP contribution in [-0.2, 0) is 15.5 Å². The van der Waals surface area contributed by atoms with Gasteiger partial charge in [0, 0.05) is 22.9 Å². The van der Waals surface area contributed by atoms with E-state index >= 15 is 0 Å². The van der Waals surface area contributed by atoms with Crippen LogP contribution in [0.4, 0.5) is 10.1 Å². The summed E-state index contributed by atoms with van der Waals surface area (Å²) in [4.78, 5) is 0.0966. The van der Waals surface area contributed by atoms with Crippen LogP contribution in [0.5, 0.6) is 0 Å². The molecule has 0 atom stereocenters. The maximum atomic E-state index is 13.1. The van der Waals surface area contributed by atoms with E-state index < -0.39 is 9.05 Å². The molecule has 1 N–H and O–H groups in total. The van der Waals surface area contributed by atoms with Crippen molar-refractivity contribution in [3.8, 4) is 0 Å². The lowest BCUT2D eigenvalue weighted by Crippen LogP contribution is -2.05. The number of benzene rings is 2. The molecule has 0 radical (unpaired) electrons. The molecule has 0 amide bonds. The summed E-state index contributed by atoms with van der Waals surface area (Å²) in [6.45, 7) is 2.31. The maximum Gasteiger partial charge on any atom is 0.261 e. The van der Waals surface area contributed by atoms with Gasteiger partial charge in [0.2, 0.25) is 0 Å². The van der Waals surface area contributed by atoms with Gasteiger partial charge >= 0.3 is 0 Å². The zero-order valence-electron chi connectivity index (χ0n) is 11.4. The van der Waals surface area contributed by atoms with Gasteiger partial charge in [-0.25, -0.2) is 12.8 Å². The first-order valence-corrected chi connectivity index (χ1v) is 8.71. The fourth-order valence-electron chi connectivity index (χ4n) is 1.96. The van der Waals surface area contributed by atoms with Crippen LogP contribution in [0.25, 0.3) is 0 Å². The first-order chi connectivity index (χ1) is 9.86. The molecule has 2 rings (SSSR count). The predicted octanol–water partition coefficient (Wildman–Crippen LogP) is 3.72. The van der Waals surface area contributed by atoms with Gasteiger partial charge in [-0.1, -0.05) is 12.1 Å². The van der Waals surface area contributed by atoms with E-state index in [9.17, 15) is 12.8 Å². The van der Waals surface area contributed by atoms with Crippen LogP contribution < -0.4 is 5.32 Å². The number of aryl methyl sites for hydroxylation is 1. The third kappa shape index (κ3) is 4.44. The Morgan fingerprint density at radius 3 is 2.62 bits per heavy atom. The fraction of sp³-hybridized carbons (Fsp3) is 0.200. The topological polar surface area (TPSA) is 46.2 Å². The molecule has 112 valence electrons. The molecule has 2 aromatic rings. The fourth-order valence-corrected chi connectivity index (χ4v) is 2.78. The summed E-state index contributed by atoms with van der Waals surface area (Å²) < 4.78 is 35.7. The van der Waals surface area contributed by atoms with E-state index in [-0.39, 0.29) is 10.7 Å². The molecule has 0 aliphatic carbocycles. The van der Waals surface area contributed by atoms with Gasteiger partial charge in [-0.3, -0.25) is 0 Å². The Labute approximate surface area is 128 Å². The van der Waals surface area contributed by atoms with Crippen LogP contribution in [0.15, 0.2) is 47.4 Å². The highest BCUT2D eigenvalue weighted by Crippen LogP contribution is 2.17. The minimum absolute atomic E-state index is 0.0966. The highest BCUT2D eigenvalue weighted by atomic mass is 35.7. The van der Waals surface area contributed by atoms with Crippen molar-refractivity contribution in [1.82, 2.24) is 0 Å². The highest BCUT2D eigenvalue weighted by Gasteiger charge is 2.09. The van der Waals surface area contributed by atoms with Crippen LogP contribution in [0.3, 0.4) is 0 Å². The van der Waals surface area contributed by atoms with Crippen LogP contribution in [0.2, 0.25) is 0 Å². The van der Waals surface area contributed by atoms with Crippen molar-refractivity contribution >= 4 is 25.4 Å². The second-order valence-corrected chi connectivity index (χ2v) is 7.29. The normalized spacial score (nSPS) is 11.4. The Hall–Kier alpha value is -1.59. The van der Waals surface area contributed by atoms with Gasteiger partial charge in [-0.15, -0.1) is 0 Å². The summed E-state index contributed by atoms with van der Waals surface area (Å²) in [6, 6.07) is 11.3. The van der Waals surface area contributed by atoms with Crippen molar-refractivity contribution < 1.29 is 12.8 Å². The lowest BCUT2D eigenvalue weighted by Gasteiger charge is -2.08. The van der Waals surface area contributed by atoms with Gasteiger partial charge in [-0.05, 0) is 54.8 Å². The minimum atomic E-state index is -3.70. The van der Waals surface area contributed by atoms with Crippen molar-refractivity contribution in [2.24, 2.45) is 0 Å². The van der Waals surface area contributed by atoms with E-state index in [1.165, 1.54) is 12.1 Å². The molecular formula is C15H15ClFNO2S. The molecule has 6 heteroatoms. The molecule has 21 heavy (non-hydrogen) atoms. The average Bonchev–Trinajstić information content (AvgIpc) is 2.42. The Kier molecular flexibility index (Phi) is 4.85. The molecule has 0 aliphatic heterocycles. The highest BCUT2D eigenvalue weighted by molar-refractivity contribution is 8.13.